The van der Waals surface area contributed by atoms with Crippen molar-refractivity contribution in [2.75, 3.05) is 17.2 Å². The Balaban J connectivity index is 1.77. The van der Waals surface area contributed by atoms with Crippen molar-refractivity contribution in [1.82, 2.24) is 19.6 Å². The molecule has 0 aliphatic carbocycles. The van der Waals surface area contributed by atoms with E-state index in [1.54, 1.807) is 36.1 Å². The van der Waals surface area contributed by atoms with Crippen molar-refractivity contribution in [2.45, 2.75) is 19.6 Å². The fourth-order valence-electron chi connectivity index (χ4n) is 2.65. The van der Waals surface area contributed by atoms with E-state index < -0.39 is 11.7 Å². The quantitative estimate of drug-likeness (QED) is 0.404. The number of fused-ring (bicyclic) bond motifs is 1. The SMILES string of the molecule is C=C/C(=C\C=C(/C)CNc1cc(NCc2cccnc2)n2ncc(Br)c2n1)C(F)(F)F. The number of nitrogens with zero attached hydrogens (tertiary/aromatic N) is 4. The third-order valence-electron chi connectivity index (χ3n) is 4.27. The van der Waals surface area contributed by atoms with Gasteiger partial charge in [-0.15, -0.1) is 0 Å². The molecule has 0 radical (unpaired) electrons. The molecule has 0 amide bonds. The first-order valence-electron chi connectivity index (χ1n) is 9.26. The van der Waals surface area contributed by atoms with Crippen LogP contribution in [0.2, 0.25) is 0 Å². The summed E-state index contributed by atoms with van der Waals surface area (Å²) >= 11 is 3.43. The number of hydrogen-bond donors (Lipinski definition) is 2. The van der Waals surface area contributed by atoms with Gasteiger partial charge in [0.15, 0.2) is 5.65 Å². The van der Waals surface area contributed by atoms with Gasteiger partial charge in [0, 0.05) is 31.5 Å². The lowest BCUT2D eigenvalue weighted by Gasteiger charge is -2.12. The maximum atomic E-state index is 12.8. The minimum atomic E-state index is -4.43. The summed E-state index contributed by atoms with van der Waals surface area (Å²) in [5.41, 5.74) is 1.51. The Bertz CT molecular complexity index is 1120. The van der Waals surface area contributed by atoms with Crippen molar-refractivity contribution >= 4 is 33.2 Å². The van der Waals surface area contributed by atoms with Crippen molar-refractivity contribution in [3.63, 3.8) is 0 Å². The van der Waals surface area contributed by atoms with Gasteiger partial charge in [-0.2, -0.15) is 22.8 Å². The normalized spacial score (nSPS) is 12.8. The fraction of sp³-hybridized carbons (Fsp3) is 0.190. The smallest absolute Gasteiger partial charge is 0.366 e. The van der Waals surface area contributed by atoms with Crippen molar-refractivity contribution in [3.8, 4) is 0 Å². The van der Waals surface area contributed by atoms with Crippen LogP contribution < -0.4 is 10.6 Å². The Hall–Kier alpha value is -3.14. The number of pyridine rings is 1. The first-order chi connectivity index (χ1) is 14.8. The van der Waals surface area contributed by atoms with E-state index in [0.717, 1.165) is 22.2 Å². The monoisotopic (exact) mass is 492 g/mol. The zero-order chi connectivity index (χ0) is 22.4. The molecule has 0 bridgehead atoms. The molecule has 0 spiro atoms. The predicted octanol–water partition coefficient (Wildman–Crippen LogP) is 5.53. The van der Waals surface area contributed by atoms with E-state index in [-0.39, 0.29) is 0 Å². The van der Waals surface area contributed by atoms with Gasteiger partial charge in [0.2, 0.25) is 0 Å². The molecule has 0 aliphatic heterocycles. The predicted molar refractivity (Wildman–Crippen MR) is 119 cm³/mol. The summed E-state index contributed by atoms with van der Waals surface area (Å²) in [6.07, 6.45) is 3.90. The Kier molecular flexibility index (Phi) is 7.11. The fourth-order valence-corrected chi connectivity index (χ4v) is 3.00. The molecule has 0 unspecified atom stereocenters. The molecule has 3 aromatic heterocycles. The minimum absolute atomic E-state index is 0.315. The maximum Gasteiger partial charge on any atom is 0.416 e. The number of anilines is 2. The summed E-state index contributed by atoms with van der Waals surface area (Å²) in [4.78, 5) is 8.62. The average molecular weight is 493 g/mol. The van der Waals surface area contributed by atoms with Crippen LogP contribution in [-0.4, -0.2) is 32.3 Å². The van der Waals surface area contributed by atoms with Gasteiger partial charge >= 0.3 is 6.18 Å². The highest BCUT2D eigenvalue weighted by atomic mass is 79.9. The van der Waals surface area contributed by atoms with Gasteiger partial charge in [0.05, 0.1) is 16.2 Å². The van der Waals surface area contributed by atoms with Crippen LogP contribution >= 0.6 is 15.9 Å². The molecule has 0 saturated heterocycles. The number of allylic oxidation sites excluding steroid dienone is 4. The summed E-state index contributed by atoms with van der Waals surface area (Å²) in [6.45, 7) is 5.80. The van der Waals surface area contributed by atoms with Crippen LogP contribution in [0.5, 0.6) is 0 Å². The van der Waals surface area contributed by atoms with E-state index in [1.807, 2.05) is 12.1 Å². The summed E-state index contributed by atoms with van der Waals surface area (Å²) in [6, 6.07) is 5.60. The highest BCUT2D eigenvalue weighted by Crippen LogP contribution is 2.26. The van der Waals surface area contributed by atoms with Gasteiger partial charge in [-0.05, 0) is 34.5 Å². The lowest BCUT2D eigenvalue weighted by molar-refractivity contribution is -0.0881. The van der Waals surface area contributed by atoms with Crippen LogP contribution in [0.4, 0.5) is 24.8 Å². The number of aromatic nitrogens is 4. The molecule has 0 aliphatic rings. The first kappa shape index (κ1) is 22.5. The third kappa shape index (κ3) is 5.94. The Morgan fingerprint density at radius 1 is 1.26 bits per heavy atom. The van der Waals surface area contributed by atoms with Crippen LogP contribution in [0, 0.1) is 0 Å². The van der Waals surface area contributed by atoms with Crippen LogP contribution in [0.1, 0.15) is 12.5 Å². The molecule has 0 fully saturated rings. The van der Waals surface area contributed by atoms with E-state index >= 15 is 0 Å². The van der Waals surface area contributed by atoms with Gasteiger partial charge in [0.1, 0.15) is 11.6 Å². The second-order valence-corrected chi connectivity index (χ2v) is 7.51. The van der Waals surface area contributed by atoms with E-state index in [0.29, 0.717) is 35.9 Å². The molecule has 3 rings (SSSR count). The average Bonchev–Trinajstić information content (AvgIpc) is 3.11. The zero-order valence-electron chi connectivity index (χ0n) is 16.6. The zero-order valence-corrected chi connectivity index (χ0v) is 18.2. The van der Waals surface area contributed by atoms with Gasteiger partial charge in [0.25, 0.3) is 0 Å². The molecule has 6 nitrogen and oxygen atoms in total. The van der Waals surface area contributed by atoms with Crippen LogP contribution in [-0.2, 0) is 6.54 Å². The lowest BCUT2D eigenvalue weighted by Crippen LogP contribution is -2.10. The highest BCUT2D eigenvalue weighted by molar-refractivity contribution is 9.10. The van der Waals surface area contributed by atoms with Crippen LogP contribution in [0.15, 0.2) is 77.2 Å². The molecule has 10 heteroatoms. The number of rotatable bonds is 8. The lowest BCUT2D eigenvalue weighted by atomic mass is 10.2. The molecule has 2 N–H and O–H groups in total. The molecular weight excluding hydrogens is 473 g/mol. The van der Waals surface area contributed by atoms with Gasteiger partial charge in [-0.1, -0.05) is 36.4 Å². The molecule has 3 aromatic rings. The Labute approximate surface area is 185 Å². The van der Waals surface area contributed by atoms with E-state index in [1.165, 1.54) is 6.08 Å². The number of alkyl halides is 3. The standard InChI is InChI=1S/C21H20BrF3N6/c1-3-16(21(23,24)25)7-6-14(2)10-27-18-9-19(28-12-15-5-4-8-26-11-15)31-20(30-18)17(22)13-29-31/h3-9,11,13,28H,1,10,12H2,2H3,(H,27,30)/b14-6+,16-7+. The van der Waals surface area contributed by atoms with E-state index in [9.17, 15) is 13.2 Å². The second-order valence-electron chi connectivity index (χ2n) is 6.66. The van der Waals surface area contributed by atoms with Crippen molar-refractivity contribution in [1.29, 1.82) is 0 Å². The van der Waals surface area contributed by atoms with Crippen molar-refractivity contribution < 1.29 is 13.2 Å². The topological polar surface area (TPSA) is 67.1 Å². The maximum absolute atomic E-state index is 12.8. The summed E-state index contributed by atoms with van der Waals surface area (Å²) in [7, 11) is 0. The molecular formula is C21H20BrF3N6. The van der Waals surface area contributed by atoms with Gasteiger partial charge in [-0.25, -0.2) is 4.98 Å². The molecule has 0 saturated carbocycles. The van der Waals surface area contributed by atoms with E-state index in [2.05, 4.69) is 48.2 Å². The second kappa shape index (κ2) is 9.78. The number of halogens is 4. The highest BCUT2D eigenvalue weighted by Gasteiger charge is 2.30. The Morgan fingerprint density at radius 3 is 2.74 bits per heavy atom. The van der Waals surface area contributed by atoms with Crippen molar-refractivity contribution in [3.05, 3.63) is 82.8 Å². The van der Waals surface area contributed by atoms with Crippen molar-refractivity contribution in [2.24, 2.45) is 0 Å². The number of nitrogens with one attached hydrogen (secondary N) is 2. The summed E-state index contributed by atoms with van der Waals surface area (Å²) in [5, 5.41) is 10.8. The Morgan fingerprint density at radius 2 is 2.06 bits per heavy atom. The molecule has 0 aromatic carbocycles. The van der Waals surface area contributed by atoms with Crippen LogP contribution in [0.3, 0.4) is 0 Å². The molecule has 162 valence electrons. The van der Waals surface area contributed by atoms with Gasteiger partial charge < -0.3 is 10.6 Å². The third-order valence-corrected chi connectivity index (χ3v) is 4.83. The molecule has 31 heavy (non-hydrogen) atoms. The largest absolute Gasteiger partial charge is 0.416 e. The molecule has 3 heterocycles. The van der Waals surface area contributed by atoms with Gasteiger partial charge in [-0.3, -0.25) is 4.98 Å². The van der Waals surface area contributed by atoms with Crippen LogP contribution in [0.25, 0.3) is 5.65 Å². The molecule has 0 atom stereocenters. The number of hydrogen-bond acceptors (Lipinski definition) is 5. The first-order valence-corrected chi connectivity index (χ1v) is 10.0. The minimum Gasteiger partial charge on any atom is -0.366 e. The van der Waals surface area contributed by atoms with E-state index in [4.69, 9.17) is 0 Å². The summed E-state index contributed by atoms with van der Waals surface area (Å²) in [5.74, 6) is 1.26. The summed E-state index contributed by atoms with van der Waals surface area (Å²) < 4.78 is 40.8.